The summed E-state index contributed by atoms with van der Waals surface area (Å²) in [5.41, 5.74) is -2.27. The minimum Gasteiger partial charge on any atom is -0.378 e. The molecule has 4 saturated carbocycles. The number of nitrogens with one attached hydrogen (secondary N) is 2. The van der Waals surface area contributed by atoms with E-state index in [1.807, 2.05) is 46.8 Å². The van der Waals surface area contributed by atoms with Crippen LogP contribution < -0.4 is 14.9 Å². The van der Waals surface area contributed by atoms with Crippen molar-refractivity contribution in [3.8, 4) is 11.1 Å². The van der Waals surface area contributed by atoms with Crippen molar-refractivity contribution in [3.05, 3.63) is 88.9 Å². The van der Waals surface area contributed by atoms with Gasteiger partial charge in [0.15, 0.2) is 5.13 Å². The first kappa shape index (κ1) is 37.7. The zero-order valence-electron chi connectivity index (χ0n) is 31.2. The minimum absolute atomic E-state index is 0.0219. The van der Waals surface area contributed by atoms with Gasteiger partial charge in [-0.1, -0.05) is 35.6 Å². The van der Waals surface area contributed by atoms with Crippen LogP contribution in [0.1, 0.15) is 76.2 Å². The number of amides is 2. The normalized spacial score (nSPS) is 24.1. The molecule has 17 heteroatoms. The highest BCUT2D eigenvalue weighted by Crippen LogP contribution is 2.63. The number of aromatic nitrogens is 4. The van der Waals surface area contributed by atoms with Crippen LogP contribution in [0.15, 0.2) is 60.8 Å². The number of halogens is 3. The lowest BCUT2D eigenvalue weighted by Gasteiger charge is -2.61. The molecular formula is C40H40F3N7O5S2. The van der Waals surface area contributed by atoms with Crippen LogP contribution >= 0.6 is 11.3 Å². The maximum Gasteiger partial charge on any atom is 0.516 e. The predicted octanol–water partition coefficient (Wildman–Crippen LogP) is 7.24. The van der Waals surface area contributed by atoms with E-state index in [1.54, 1.807) is 37.6 Å². The second-order valence-corrected chi connectivity index (χ2v) is 18.9. The largest absolute Gasteiger partial charge is 0.516 e. The van der Waals surface area contributed by atoms with E-state index >= 15 is 0 Å². The number of carbonyl (C=O) groups excluding carboxylic acids is 2. The Hall–Kier alpha value is -4.87. The Bertz CT molecular complexity index is 2510. The van der Waals surface area contributed by atoms with Crippen LogP contribution in [-0.4, -0.2) is 64.7 Å². The molecule has 4 bridgehead atoms. The maximum atomic E-state index is 13.6. The molecule has 4 heterocycles. The van der Waals surface area contributed by atoms with Crippen molar-refractivity contribution in [1.82, 2.24) is 24.5 Å². The zero-order valence-corrected chi connectivity index (χ0v) is 32.9. The molecule has 4 aliphatic carbocycles. The number of sulfonamides is 1. The molecule has 12 nitrogen and oxygen atoms in total. The van der Waals surface area contributed by atoms with Gasteiger partial charge in [0.2, 0.25) is 0 Å². The van der Waals surface area contributed by atoms with E-state index in [9.17, 15) is 31.2 Å². The van der Waals surface area contributed by atoms with E-state index in [0.29, 0.717) is 53.3 Å². The van der Waals surface area contributed by atoms with E-state index in [-0.39, 0.29) is 34.8 Å². The first-order valence-corrected chi connectivity index (χ1v) is 21.2. The number of fused-ring (bicyclic) bond motifs is 2. The molecule has 2 N–H and O–H groups in total. The summed E-state index contributed by atoms with van der Waals surface area (Å²) in [4.78, 5) is 38.1. The summed E-state index contributed by atoms with van der Waals surface area (Å²) in [6.45, 7) is 3.05. The van der Waals surface area contributed by atoms with Crippen molar-refractivity contribution in [2.75, 3.05) is 23.9 Å². The Morgan fingerprint density at radius 1 is 0.982 bits per heavy atom. The number of benzene rings is 2. The number of methoxy groups -OCH3 is 1. The highest BCUT2D eigenvalue weighted by Gasteiger charge is 2.58. The van der Waals surface area contributed by atoms with E-state index in [1.165, 1.54) is 22.5 Å². The SMILES string of the molecule is COC12CC3CC(CC(Cn4ncc(-c5ccc(N6CCc7cccc(C(=O)Nc8nc9ccccc9s8)c7C6)nc5C(=O)NS(=O)(=O)C(F)(F)F)c4C)(C3)C1)C2. The average molecular weight is 820 g/mol. The number of ether oxygens (including phenoxy) is 1. The summed E-state index contributed by atoms with van der Waals surface area (Å²) >= 11 is 1.36. The Morgan fingerprint density at radius 3 is 2.49 bits per heavy atom. The molecule has 5 aromatic rings. The smallest absolute Gasteiger partial charge is 0.378 e. The Balaban J connectivity index is 1.03. The minimum atomic E-state index is -6.05. The number of pyridine rings is 1. The third-order valence-corrected chi connectivity index (χ3v) is 14.4. The molecule has 2 aromatic carbocycles. The second kappa shape index (κ2) is 13.6. The molecule has 298 valence electrons. The van der Waals surface area contributed by atoms with Crippen LogP contribution in [0.4, 0.5) is 24.1 Å². The van der Waals surface area contributed by atoms with Crippen molar-refractivity contribution >= 4 is 54.3 Å². The van der Waals surface area contributed by atoms with Crippen LogP contribution in [-0.2, 0) is 34.3 Å². The molecule has 0 radical (unpaired) electrons. The fourth-order valence-corrected chi connectivity index (χ4v) is 11.6. The summed E-state index contributed by atoms with van der Waals surface area (Å²) < 4.78 is 75.1. The molecule has 10 rings (SSSR count). The van der Waals surface area contributed by atoms with Crippen molar-refractivity contribution in [2.24, 2.45) is 17.3 Å². The van der Waals surface area contributed by atoms with Crippen LogP contribution in [0, 0.1) is 24.2 Å². The summed E-state index contributed by atoms with van der Waals surface area (Å²) in [5, 5.41) is 8.06. The number of alkyl halides is 3. The molecule has 4 fully saturated rings. The fraction of sp³-hybridized carbons (Fsp3) is 0.425. The Labute approximate surface area is 330 Å². The molecule has 57 heavy (non-hydrogen) atoms. The highest BCUT2D eigenvalue weighted by atomic mass is 32.2. The van der Waals surface area contributed by atoms with Gasteiger partial charge in [-0.05, 0) is 111 Å². The number of para-hydroxylation sites is 1. The van der Waals surface area contributed by atoms with Gasteiger partial charge in [0, 0.05) is 49.1 Å². The Morgan fingerprint density at radius 2 is 1.75 bits per heavy atom. The predicted molar refractivity (Wildman–Crippen MR) is 208 cm³/mol. The van der Waals surface area contributed by atoms with Crippen LogP contribution in [0.5, 0.6) is 0 Å². The quantitative estimate of drug-likeness (QED) is 0.157. The molecule has 0 saturated heterocycles. The third-order valence-electron chi connectivity index (χ3n) is 12.4. The third kappa shape index (κ3) is 6.76. The zero-order chi connectivity index (χ0) is 39.9. The van der Waals surface area contributed by atoms with Gasteiger partial charge >= 0.3 is 15.5 Å². The summed E-state index contributed by atoms with van der Waals surface area (Å²) in [5.74, 6) is -0.492. The number of carbonyl (C=O) groups is 2. The lowest BCUT2D eigenvalue weighted by atomic mass is 9.48. The summed E-state index contributed by atoms with van der Waals surface area (Å²) in [6, 6.07) is 16.2. The van der Waals surface area contributed by atoms with Crippen molar-refractivity contribution in [2.45, 2.75) is 76.1 Å². The van der Waals surface area contributed by atoms with Gasteiger partial charge in [-0.3, -0.25) is 19.6 Å². The van der Waals surface area contributed by atoms with Crippen molar-refractivity contribution in [3.63, 3.8) is 0 Å². The van der Waals surface area contributed by atoms with Crippen molar-refractivity contribution < 1.29 is 35.9 Å². The maximum absolute atomic E-state index is 13.6. The number of nitrogens with zero attached hydrogens (tertiary/aromatic N) is 5. The van der Waals surface area contributed by atoms with E-state index in [0.717, 1.165) is 53.4 Å². The van der Waals surface area contributed by atoms with Gasteiger partial charge in [-0.15, -0.1) is 0 Å². The number of hydrogen-bond acceptors (Lipinski definition) is 10. The van der Waals surface area contributed by atoms with E-state index in [2.05, 4.69) is 15.3 Å². The van der Waals surface area contributed by atoms with Gasteiger partial charge < -0.3 is 9.64 Å². The number of thiazole rings is 1. The topological polar surface area (TPSA) is 148 Å². The molecule has 3 aromatic heterocycles. The summed E-state index contributed by atoms with van der Waals surface area (Å²) in [6.07, 6.45) is 8.43. The molecule has 0 spiro atoms. The van der Waals surface area contributed by atoms with Gasteiger partial charge in [0.05, 0.1) is 22.0 Å². The van der Waals surface area contributed by atoms with Gasteiger partial charge in [0.1, 0.15) is 11.5 Å². The highest BCUT2D eigenvalue weighted by molar-refractivity contribution is 7.90. The average Bonchev–Trinajstić information content (AvgIpc) is 3.74. The van der Waals surface area contributed by atoms with E-state index in [4.69, 9.17) is 9.84 Å². The van der Waals surface area contributed by atoms with Gasteiger partial charge in [-0.25, -0.2) is 14.7 Å². The molecular weight excluding hydrogens is 780 g/mol. The van der Waals surface area contributed by atoms with Crippen molar-refractivity contribution in [1.29, 1.82) is 0 Å². The lowest BCUT2D eigenvalue weighted by Crippen LogP contribution is -2.57. The van der Waals surface area contributed by atoms with Gasteiger partial charge in [0.25, 0.3) is 11.8 Å². The fourth-order valence-electron chi connectivity index (χ4n) is 10.3. The van der Waals surface area contributed by atoms with Crippen LogP contribution in [0.25, 0.3) is 21.3 Å². The molecule has 2 amide bonds. The molecule has 2 unspecified atom stereocenters. The van der Waals surface area contributed by atoms with E-state index < -0.39 is 27.1 Å². The standard InChI is InChI=1S/C40H40F3N7O5S2/c1-23-29(19-44-50(23)22-38-15-24-14-25(16-38)18-39(17-24,21-38)55-2)27-10-11-33(46-34(27)36(52)48-57(53,54)40(41,42)43)49-13-12-26-6-5-7-28(30(26)20-49)35(51)47-37-45-31-8-3-4-9-32(31)56-37/h3-11,19,24-25H,12-18,20-22H2,1-2H3,(H,48,52)(H,45,47,51). The monoisotopic (exact) mass is 819 g/mol. The molecule has 5 aliphatic rings. The first-order valence-electron chi connectivity index (χ1n) is 18.9. The summed E-state index contributed by atoms with van der Waals surface area (Å²) in [7, 11) is -4.25. The number of rotatable bonds is 9. The number of hydrogen-bond donors (Lipinski definition) is 2. The second-order valence-electron chi connectivity index (χ2n) is 16.2. The molecule has 1 aliphatic heterocycles. The number of anilines is 2. The van der Waals surface area contributed by atoms with Crippen LogP contribution in [0.3, 0.4) is 0 Å². The Kier molecular flexibility index (Phi) is 9.01. The first-order chi connectivity index (χ1) is 27.1. The van der Waals surface area contributed by atoms with Crippen LogP contribution in [0.2, 0.25) is 0 Å². The molecule has 2 atom stereocenters. The lowest BCUT2D eigenvalue weighted by molar-refractivity contribution is -0.184. The van der Waals surface area contributed by atoms with Gasteiger partial charge in [-0.2, -0.15) is 26.7 Å².